The highest BCUT2D eigenvalue weighted by Crippen LogP contribution is 2.35. The van der Waals surface area contributed by atoms with Crippen LogP contribution in [0.5, 0.6) is 0 Å². The summed E-state index contributed by atoms with van der Waals surface area (Å²) in [5.74, 6) is -1.59. The first kappa shape index (κ1) is 16.8. The van der Waals surface area contributed by atoms with Gasteiger partial charge in [0.2, 0.25) is 0 Å². The van der Waals surface area contributed by atoms with Gasteiger partial charge >= 0.3 is 12.1 Å². The fraction of sp³-hybridized carbons (Fsp3) is 0.533. The number of carbonyl (C=O) groups excluding carboxylic acids is 1. The van der Waals surface area contributed by atoms with Crippen LogP contribution in [0, 0.1) is 0 Å². The average molecular weight is 316 g/mol. The molecular formula is C15H19F3N2O2. The minimum absolute atomic E-state index is 0.0274. The summed E-state index contributed by atoms with van der Waals surface area (Å²) in [4.78, 5) is 14.0. The van der Waals surface area contributed by atoms with Gasteiger partial charge in [0, 0.05) is 32.7 Å². The van der Waals surface area contributed by atoms with E-state index in [0.717, 1.165) is 19.2 Å². The van der Waals surface area contributed by atoms with Gasteiger partial charge in [0.1, 0.15) is 0 Å². The van der Waals surface area contributed by atoms with Gasteiger partial charge in [-0.05, 0) is 11.6 Å². The molecule has 0 saturated carbocycles. The molecule has 1 aromatic rings. The number of hydrogen-bond donors (Lipinski definition) is 1. The van der Waals surface area contributed by atoms with Gasteiger partial charge in [0.15, 0.2) is 0 Å². The zero-order valence-electron chi connectivity index (χ0n) is 12.3. The fourth-order valence-electron chi connectivity index (χ4n) is 2.65. The monoisotopic (exact) mass is 316 g/mol. The number of alkyl halides is 3. The Labute approximate surface area is 127 Å². The van der Waals surface area contributed by atoms with Gasteiger partial charge in [-0.3, -0.25) is 9.69 Å². The van der Waals surface area contributed by atoms with Crippen LogP contribution in [0.25, 0.3) is 0 Å². The normalized spacial score (nSPS) is 18.0. The number of methoxy groups -OCH3 is 1. The van der Waals surface area contributed by atoms with E-state index in [4.69, 9.17) is 4.74 Å². The third kappa shape index (κ3) is 3.98. The van der Waals surface area contributed by atoms with E-state index >= 15 is 0 Å². The van der Waals surface area contributed by atoms with E-state index in [2.05, 4.69) is 5.32 Å². The van der Waals surface area contributed by atoms with Gasteiger partial charge in [0.25, 0.3) is 0 Å². The van der Waals surface area contributed by atoms with E-state index < -0.39 is 23.6 Å². The molecule has 1 aliphatic heterocycles. The molecule has 0 aromatic heterocycles. The van der Waals surface area contributed by atoms with Crippen LogP contribution in [-0.2, 0) is 15.7 Å². The summed E-state index contributed by atoms with van der Waals surface area (Å²) < 4.78 is 44.3. The number of rotatable bonds is 4. The SMILES string of the molecule is COC(=O)C(CN1CCNCC1)c1ccccc1C(F)(F)F. The summed E-state index contributed by atoms with van der Waals surface area (Å²) in [7, 11) is 1.20. The maximum absolute atomic E-state index is 13.2. The quantitative estimate of drug-likeness (QED) is 0.861. The molecule has 1 aromatic carbocycles. The summed E-state index contributed by atoms with van der Waals surface area (Å²) >= 11 is 0. The standard InChI is InChI=1S/C15H19F3N2O2/c1-22-14(21)12(10-20-8-6-19-7-9-20)11-4-2-3-5-13(11)15(16,17)18/h2-5,12,19H,6-10H2,1H3. The molecule has 1 atom stereocenters. The van der Waals surface area contributed by atoms with Crippen molar-refractivity contribution in [2.45, 2.75) is 12.1 Å². The second-order valence-electron chi connectivity index (χ2n) is 5.21. The number of ether oxygens (including phenoxy) is 1. The summed E-state index contributed by atoms with van der Waals surface area (Å²) in [6, 6.07) is 5.19. The van der Waals surface area contributed by atoms with Crippen molar-refractivity contribution in [1.29, 1.82) is 0 Å². The average Bonchev–Trinajstić information content (AvgIpc) is 2.52. The van der Waals surface area contributed by atoms with Crippen molar-refractivity contribution >= 4 is 5.97 Å². The summed E-state index contributed by atoms with van der Waals surface area (Å²) in [5, 5.41) is 3.17. The molecule has 7 heteroatoms. The van der Waals surface area contributed by atoms with E-state index in [0.29, 0.717) is 13.1 Å². The van der Waals surface area contributed by atoms with Gasteiger partial charge in [0.05, 0.1) is 18.6 Å². The number of carbonyl (C=O) groups is 1. The molecule has 0 radical (unpaired) electrons. The predicted molar refractivity (Wildman–Crippen MR) is 75.5 cm³/mol. The highest BCUT2D eigenvalue weighted by Gasteiger charge is 2.37. The molecule has 0 bridgehead atoms. The van der Waals surface area contributed by atoms with Crippen LogP contribution in [0.3, 0.4) is 0 Å². The van der Waals surface area contributed by atoms with Crippen LogP contribution in [0.1, 0.15) is 17.0 Å². The third-order valence-corrected chi connectivity index (χ3v) is 3.78. The van der Waals surface area contributed by atoms with Crippen molar-refractivity contribution < 1.29 is 22.7 Å². The van der Waals surface area contributed by atoms with Crippen molar-refractivity contribution in [1.82, 2.24) is 10.2 Å². The summed E-state index contributed by atoms with van der Waals surface area (Å²) in [6.07, 6.45) is -4.49. The zero-order valence-corrected chi connectivity index (χ0v) is 12.3. The molecule has 1 heterocycles. The smallest absolute Gasteiger partial charge is 0.416 e. The van der Waals surface area contributed by atoms with E-state index in [9.17, 15) is 18.0 Å². The number of benzene rings is 1. The minimum Gasteiger partial charge on any atom is -0.469 e. The molecule has 0 aliphatic carbocycles. The first-order chi connectivity index (χ1) is 10.4. The number of halogens is 3. The fourth-order valence-corrected chi connectivity index (χ4v) is 2.65. The van der Waals surface area contributed by atoms with Crippen molar-refractivity contribution in [2.75, 3.05) is 39.8 Å². The third-order valence-electron chi connectivity index (χ3n) is 3.78. The zero-order chi connectivity index (χ0) is 16.2. The van der Waals surface area contributed by atoms with Crippen molar-refractivity contribution in [3.63, 3.8) is 0 Å². The van der Waals surface area contributed by atoms with E-state index in [-0.39, 0.29) is 12.1 Å². The van der Waals surface area contributed by atoms with E-state index in [1.165, 1.54) is 25.3 Å². The predicted octanol–water partition coefficient (Wildman–Crippen LogP) is 1.87. The molecule has 0 amide bonds. The maximum atomic E-state index is 13.2. The van der Waals surface area contributed by atoms with Gasteiger partial charge < -0.3 is 10.1 Å². The Morgan fingerprint density at radius 1 is 1.32 bits per heavy atom. The molecule has 0 spiro atoms. The van der Waals surface area contributed by atoms with E-state index in [1.54, 1.807) is 0 Å². The lowest BCUT2D eigenvalue weighted by Crippen LogP contribution is -2.46. The highest BCUT2D eigenvalue weighted by molar-refractivity contribution is 5.79. The molecule has 22 heavy (non-hydrogen) atoms. The Bertz CT molecular complexity index is 514. The second-order valence-corrected chi connectivity index (χ2v) is 5.21. The molecule has 1 aliphatic rings. The Morgan fingerprint density at radius 3 is 2.55 bits per heavy atom. The van der Waals surface area contributed by atoms with Crippen LogP contribution in [-0.4, -0.2) is 50.7 Å². The molecule has 1 fully saturated rings. The number of nitrogens with one attached hydrogen (secondary N) is 1. The number of nitrogens with zero attached hydrogens (tertiary/aromatic N) is 1. The molecule has 122 valence electrons. The van der Waals surface area contributed by atoms with Crippen molar-refractivity contribution in [3.05, 3.63) is 35.4 Å². The first-order valence-corrected chi connectivity index (χ1v) is 7.10. The van der Waals surface area contributed by atoms with Crippen LogP contribution >= 0.6 is 0 Å². The van der Waals surface area contributed by atoms with Crippen LogP contribution in [0.15, 0.2) is 24.3 Å². The topological polar surface area (TPSA) is 41.6 Å². The molecule has 4 nitrogen and oxygen atoms in total. The number of esters is 1. The molecular weight excluding hydrogens is 297 g/mol. The lowest BCUT2D eigenvalue weighted by molar-refractivity contribution is -0.144. The Kier molecular flexibility index (Phi) is 5.42. The lowest BCUT2D eigenvalue weighted by atomic mass is 9.93. The van der Waals surface area contributed by atoms with Gasteiger partial charge in [-0.2, -0.15) is 13.2 Å². The maximum Gasteiger partial charge on any atom is 0.416 e. The lowest BCUT2D eigenvalue weighted by Gasteiger charge is -2.30. The van der Waals surface area contributed by atoms with Gasteiger partial charge in [-0.25, -0.2) is 0 Å². The molecule has 1 saturated heterocycles. The second kappa shape index (κ2) is 7.11. The van der Waals surface area contributed by atoms with Crippen molar-refractivity contribution in [2.24, 2.45) is 0 Å². The van der Waals surface area contributed by atoms with Gasteiger partial charge in [-0.1, -0.05) is 18.2 Å². The highest BCUT2D eigenvalue weighted by atomic mass is 19.4. The minimum atomic E-state index is -4.49. The van der Waals surface area contributed by atoms with Crippen LogP contribution < -0.4 is 5.32 Å². The van der Waals surface area contributed by atoms with E-state index in [1.807, 2.05) is 4.90 Å². The first-order valence-electron chi connectivity index (χ1n) is 7.10. The summed E-state index contributed by atoms with van der Waals surface area (Å²) in [5.41, 5.74) is -0.805. The van der Waals surface area contributed by atoms with Crippen LogP contribution in [0.4, 0.5) is 13.2 Å². The Balaban J connectivity index is 2.31. The Morgan fingerprint density at radius 2 is 1.95 bits per heavy atom. The van der Waals surface area contributed by atoms with Crippen LogP contribution in [0.2, 0.25) is 0 Å². The molecule has 1 N–H and O–H groups in total. The van der Waals surface area contributed by atoms with Crippen molar-refractivity contribution in [3.8, 4) is 0 Å². The summed E-state index contributed by atoms with van der Waals surface area (Å²) in [6.45, 7) is 3.13. The van der Waals surface area contributed by atoms with Gasteiger partial charge in [-0.15, -0.1) is 0 Å². The number of hydrogen-bond acceptors (Lipinski definition) is 4. The Hall–Kier alpha value is -1.60. The molecule has 2 rings (SSSR count). The molecule has 1 unspecified atom stereocenters. The largest absolute Gasteiger partial charge is 0.469 e. The number of piperazine rings is 1.